The van der Waals surface area contributed by atoms with Crippen LogP contribution in [0.4, 0.5) is 23.2 Å². The molecule has 15 heteroatoms. The summed E-state index contributed by atoms with van der Waals surface area (Å²) in [5.74, 6) is -1.45. The first-order valence-corrected chi connectivity index (χ1v) is 13.5. The van der Waals surface area contributed by atoms with Gasteiger partial charge in [-0.05, 0) is 23.8 Å². The number of benzene rings is 1. The number of anilines is 1. The lowest BCUT2D eigenvalue weighted by Gasteiger charge is -2.28. The van der Waals surface area contributed by atoms with Gasteiger partial charge in [0.1, 0.15) is 18.2 Å². The van der Waals surface area contributed by atoms with Gasteiger partial charge in [0.15, 0.2) is 0 Å². The Morgan fingerprint density at radius 1 is 1.15 bits per heavy atom. The van der Waals surface area contributed by atoms with Crippen molar-refractivity contribution in [3.63, 3.8) is 0 Å². The third kappa shape index (κ3) is 5.96. The van der Waals surface area contributed by atoms with Crippen LogP contribution < -0.4 is 15.4 Å². The molecule has 1 unspecified atom stereocenters. The molecule has 3 aromatic heterocycles. The maximum absolute atomic E-state index is 14.5. The van der Waals surface area contributed by atoms with Crippen LogP contribution in [0.5, 0.6) is 0 Å². The van der Waals surface area contributed by atoms with E-state index >= 15 is 0 Å². The Balaban J connectivity index is 1.53. The maximum atomic E-state index is 14.5. The largest absolute Gasteiger partial charge is 0.756 e. The van der Waals surface area contributed by atoms with Crippen molar-refractivity contribution in [3.05, 3.63) is 82.3 Å². The minimum absolute atomic E-state index is 0.302. The summed E-state index contributed by atoms with van der Waals surface area (Å²) in [5.41, 5.74) is -0.374. The summed E-state index contributed by atoms with van der Waals surface area (Å²) in [5, 5.41) is 0.548. The van der Waals surface area contributed by atoms with E-state index in [0.29, 0.717) is 54.5 Å². The highest BCUT2D eigenvalue weighted by Gasteiger charge is 2.34. The molecule has 0 spiro atoms. The predicted molar refractivity (Wildman–Crippen MR) is 134 cm³/mol. The first-order chi connectivity index (χ1) is 18.9. The molecule has 1 fully saturated rings. The number of hydrogen-bond acceptors (Lipinski definition) is 7. The van der Waals surface area contributed by atoms with Crippen molar-refractivity contribution in [1.29, 1.82) is 0 Å². The van der Waals surface area contributed by atoms with E-state index in [1.54, 1.807) is 6.20 Å². The Bertz CT molecular complexity index is 1660. The lowest BCUT2D eigenvalue weighted by atomic mass is 10.1. The number of aromatic nitrogens is 3. The zero-order valence-corrected chi connectivity index (χ0v) is 21.6. The third-order valence-corrected chi connectivity index (χ3v) is 6.91. The summed E-state index contributed by atoms with van der Waals surface area (Å²) in [7, 11) is -5.04. The fourth-order valence-electron chi connectivity index (χ4n) is 4.53. The first kappa shape index (κ1) is 28.0. The predicted octanol–water partition coefficient (Wildman–Crippen LogP) is 3.34. The Kier molecular flexibility index (Phi) is 7.55. The van der Waals surface area contributed by atoms with Crippen LogP contribution in [0.1, 0.15) is 11.1 Å². The van der Waals surface area contributed by atoms with Crippen molar-refractivity contribution in [1.82, 2.24) is 14.1 Å². The molecule has 40 heavy (non-hydrogen) atoms. The van der Waals surface area contributed by atoms with Gasteiger partial charge in [0.2, 0.25) is 0 Å². The van der Waals surface area contributed by atoms with Crippen LogP contribution in [0.2, 0.25) is 0 Å². The smallest absolute Gasteiger partial charge is 0.419 e. The molecular weight excluding hydrogens is 559 g/mol. The molecule has 1 aromatic carbocycles. The molecule has 212 valence electrons. The average molecular weight is 581 g/mol. The summed E-state index contributed by atoms with van der Waals surface area (Å²) in [4.78, 5) is 39.7. The number of ether oxygens (including phenoxy) is 1. The van der Waals surface area contributed by atoms with Crippen molar-refractivity contribution in [3.8, 4) is 11.1 Å². The van der Waals surface area contributed by atoms with Gasteiger partial charge in [0.25, 0.3) is 13.4 Å². The summed E-state index contributed by atoms with van der Waals surface area (Å²) in [6, 6.07) is 7.46. The zero-order chi connectivity index (χ0) is 28.7. The molecule has 1 saturated heterocycles. The van der Waals surface area contributed by atoms with E-state index in [0.717, 1.165) is 16.3 Å². The highest BCUT2D eigenvalue weighted by atomic mass is 31.2. The molecule has 0 saturated carbocycles. The second-order valence-corrected chi connectivity index (χ2v) is 10.3. The second kappa shape index (κ2) is 10.8. The van der Waals surface area contributed by atoms with E-state index in [1.807, 2.05) is 6.07 Å². The molecule has 1 aliphatic rings. The van der Waals surface area contributed by atoms with Gasteiger partial charge in [-0.2, -0.15) is 13.2 Å². The minimum Gasteiger partial charge on any atom is -0.756 e. The van der Waals surface area contributed by atoms with Crippen molar-refractivity contribution in [2.24, 2.45) is 0 Å². The molecule has 1 aliphatic heterocycles. The van der Waals surface area contributed by atoms with Crippen LogP contribution in [0.25, 0.3) is 22.2 Å². The van der Waals surface area contributed by atoms with Crippen LogP contribution in [0.15, 0.2) is 59.8 Å². The quantitative estimate of drug-likeness (QED) is 0.261. The monoisotopic (exact) mass is 581 g/mol. The number of halogens is 4. The number of alkyl halides is 3. The second-order valence-electron chi connectivity index (χ2n) is 9.06. The number of nitrogens with zero attached hydrogens (tertiary/aromatic N) is 4. The number of phosphoric acid groups is 1. The Hall–Kier alpha value is -3.55. The molecule has 0 bridgehead atoms. The minimum atomic E-state index is -5.04. The number of phosphoric ester groups is 1. The Labute approximate surface area is 224 Å². The normalized spacial score (nSPS) is 15.9. The van der Waals surface area contributed by atoms with Gasteiger partial charge in [-0.15, -0.1) is 0 Å². The SMILES string of the molecule is O=c1cc(-c2cn(COP(=O)([O-])O)c3ncc(N4CCOCC4)cc23)ccn1Cc1cccc(C(F)(F)F)c1F. The van der Waals surface area contributed by atoms with E-state index in [1.165, 1.54) is 35.2 Å². The Morgan fingerprint density at radius 3 is 2.58 bits per heavy atom. The van der Waals surface area contributed by atoms with Crippen LogP contribution in [0.3, 0.4) is 0 Å². The van der Waals surface area contributed by atoms with Gasteiger partial charge in [-0.25, -0.2) is 9.37 Å². The van der Waals surface area contributed by atoms with Crippen LogP contribution in [0, 0.1) is 5.82 Å². The highest BCUT2D eigenvalue weighted by molar-refractivity contribution is 7.44. The summed E-state index contributed by atoms with van der Waals surface area (Å²) < 4.78 is 77.4. The first-order valence-electron chi connectivity index (χ1n) is 12.0. The van der Waals surface area contributed by atoms with Gasteiger partial charge in [0.05, 0.1) is 37.2 Å². The number of fused-ring (bicyclic) bond motifs is 1. The molecule has 1 atom stereocenters. The van der Waals surface area contributed by atoms with Gasteiger partial charge in [0, 0.05) is 48.1 Å². The van der Waals surface area contributed by atoms with E-state index in [-0.39, 0.29) is 5.56 Å². The molecule has 10 nitrogen and oxygen atoms in total. The van der Waals surface area contributed by atoms with Gasteiger partial charge in [-0.1, -0.05) is 12.1 Å². The highest BCUT2D eigenvalue weighted by Crippen LogP contribution is 2.36. The topological polar surface area (TPSA) is 122 Å². The van der Waals surface area contributed by atoms with E-state index in [4.69, 9.17) is 9.63 Å². The van der Waals surface area contributed by atoms with E-state index in [9.17, 15) is 31.8 Å². The lowest BCUT2D eigenvalue weighted by molar-refractivity contribution is -0.222. The summed E-state index contributed by atoms with van der Waals surface area (Å²) in [6.07, 6.45) is -0.445. The Morgan fingerprint density at radius 2 is 1.90 bits per heavy atom. The number of pyridine rings is 2. The molecule has 0 radical (unpaired) electrons. The van der Waals surface area contributed by atoms with Crippen molar-refractivity contribution in [2.45, 2.75) is 19.5 Å². The van der Waals surface area contributed by atoms with Gasteiger partial charge >= 0.3 is 6.18 Å². The zero-order valence-electron chi connectivity index (χ0n) is 20.7. The molecule has 0 aliphatic carbocycles. The number of rotatable bonds is 7. The van der Waals surface area contributed by atoms with Crippen molar-refractivity contribution < 1.29 is 41.2 Å². The molecule has 4 aromatic rings. The van der Waals surface area contributed by atoms with Gasteiger partial charge in [-0.3, -0.25) is 13.9 Å². The fourth-order valence-corrected chi connectivity index (χ4v) is 4.80. The molecular formula is C25H22F4N4O6P-. The molecule has 1 N–H and O–H groups in total. The van der Waals surface area contributed by atoms with E-state index in [2.05, 4.69) is 14.4 Å². The maximum Gasteiger partial charge on any atom is 0.419 e. The molecule has 0 amide bonds. The van der Waals surface area contributed by atoms with Crippen LogP contribution in [-0.4, -0.2) is 45.3 Å². The van der Waals surface area contributed by atoms with Gasteiger partial charge < -0.3 is 28.6 Å². The average Bonchev–Trinajstić information content (AvgIpc) is 3.27. The molecule has 4 heterocycles. The third-order valence-electron chi connectivity index (χ3n) is 6.47. The van der Waals surface area contributed by atoms with Crippen LogP contribution in [-0.2, 0) is 33.3 Å². The standard InChI is InChI=1S/C25H23F4N4O6P/c26-23-17(2-1-3-21(23)25(27,28)29)13-32-5-4-16(10-22(32)34)20-14-33(15-39-40(35,36)37)24-19(20)11-18(12-30-24)31-6-8-38-9-7-31/h1-5,10-12,14H,6-9,13,15H2,(H2,35,36,37)/p-1. The number of hydrogen-bond donors (Lipinski definition) is 1. The summed E-state index contributed by atoms with van der Waals surface area (Å²) >= 11 is 0. The summed E-state index contributed by atoms with van der Waals surface area (Å²) in [6.45, 7) is 1.29. The van der Waals surface area contributed by atoms with Crippen molar-refractivity contribution >= 4 is 24.5 Å². The van der Waals surface area contributed by atoms with Crippen LogP contribution >= 0.6 is 7.82 Å². The number of morpholine rings is 1. The lowest BCUT2D eigenvalue weighted by Crippen LogP contribution is -2.36. The van der Waals surface area contributed by atoms with E-state index < -0.39 is 44.2 Å². The molecule has 5 rings (SSSR count). The van der Waals surface area contributed by atoms with Crippen molar-refractivity contribution in [2.75, 3.05) is 31.2 Å². The fraction of sp³-hybridized carbons (Fsp3) is 0.280.